The smallest absolute Gasteiger partial charge is 0.00177 e. The first-order valence-electron chi connectivity index (χ1n) is 6.39. The molecule has 0 bridgehead atoms. The molecule has 2 atom stereocenters. The Hall–Kier alpha value is -0.520. The van der Waals surface area contributed by atoms with Crippen LogP contribution in [0.15, 0.2) is 23.8 Å². The van der Waals surface area contributed by atoms with Crippen LogP contribution in [0.25, 0.3) is 0 Å². The minimum atomic E-state index is 0.456. The fourth-order valence-electron chi connectivity index (χ4n) is 3.16. The molecule has 0 amide bonds. The van der Waals surface area contributed by atoms with Gasteiger partial charge in [-0.1, -0.05) is 51.0 Å². The van der Waals surface area contributed by atoms with Gasteiger partial charge in [0.15, 0.2) is 0 Å². The van der Waals surface area contributed by atoms with Gasteiger partial charge in [-0.25, -0.2) is 0 Å². The SMILES string of the molecule is C=C1CCCC(C)CC=C2C1CC2(C)C. The van der Waals surface area contributed by atoms with E-state index in [1.54, 1.807) is 5.57 Å². The standard InChI is InChI=1S/C15H24/c1-11-6-5-7-12(2)13-10-15(3,4)14(13)9-8-11/h9,11,13H,2,5-8,10H2,1,3-4H3. The normalized spacial score (nSPS) is 35.4. The van der Waals surface area contributed by atoms with Gasteiger partial charge in [-0.3, -0.25) is 0 Å². The van der Waals surface area contributed by atoms with Gasteiger partial charge in [-0.2, -0.15) is 0 Å². The van der Waals surface area contributed by atoms with Gasteiger partial charge in [0.2, 0.25) is 0 Å². The molecule has 0 spiro atoms. The highest BCUT2D eigenvalue weighted by Gasteiger charge is 2.42. The molecule has 2 aliphatic rings. The van der Waals surface area contributed by atoms with Gasteiger partial charge < -0.3 is 0 Å². The summed E-state index contributed by atoms with van der Waals surface area (Å²) in [4.78, 5) is 0. The summed E-state index contributed by atoms with van der Waals surface area (Å²) in [5.74, 6) is 1.59. The second-order valence-electron chi connectivity index (χ2n) is 6.19. The average molecular weight is 204 g/mol. The lowest BCUT2D eigenvalue weighted by atomic mass is 9.57. The maximum absolute atomic E-state index is 4.29. The molecule has 84 valence electrons. The second kappa shape index (κ2) is 3.81. The van der Waals surface area contributed by atoms with Crippen LogP contribution >= 0.6 is 0 Å². The van der Waals surface area contributed by atoms with Gasteiger partial charge >= 0.3 is 0 Å². The van der Waals surface area contributed by atoms with Crippen LogP contribution in [0.5, 0.6) is 0 Å². The molecule has 0 heterocycles. The predicted octanol–water partition coefficient (Wildman–Crippen LogP) is 4.73. The van der Waals surface area contributed by atoms with Crippen molar-refractivity contribution in [2.24, 2.45) is 17.3 Å². The molecule has 0 nitrogen and oxygen atoms in total. The lowest BCUT2D eigenvalue weighted by molar-refractivity contribution is 0.234. The molecule has 0 heteroatoms. The Kier molecular flexibility index (Phi) is 2.79. The molecule has 0 aromatic carbocycles. The third-order valence-corrected chi connectivity index (χ3v) is 4.30. The Morgan fingerprint density at radius 1 is 1.40 bits per heavy atom. The first-order valence-corrected chi connectivity index (χ1v) is 6.39. The molecule has 2 rings (SSSR count). The van der Waals surface area contributed by atoms with Crippen molar-refractivity contribution in [3.8, 4) is 0 Å². The fraction of sp³-hybridized carbons (Fsp3) is 0.733. The highest BCUT2D eigenvalue weighted by Crippen LogP contribution is 2.54. The molecule has 0 aromatic rings. The predicted molar refractivity (Wildman–Crippen MR) is 66.7 cm³/mol. The van der Waals surface area contributed by atoms with E-state index in [2.05, 4.69) is 33.4 Å². The number of rotatable bonds is 0. The van der Waals surface area contributed by atoms with Gasteiger partial charge in [0, 0.05) is 5.92 Å². The van der Waals surface area contributed by atoms with Crippen molar-refractivity contribution in [3.63, 3.8) is 0 Å². The van der Waals surface area contributed by atoms with E-state index in [9.17, 15) is 0 Å². The summed E-state index contributed by atoms with van der Waals surface area (Å²) in [5.41, 5.74) is 3.63. The third kappa shape index (κ3) is 2.04. The monoisotopic (exact) mass is 204 g/mol. The number of fused-ring (bicyclic) bond motifs is 1. The number of hydrogen-bond donors (Lipinski definition) is 0. The van der Waals surface area contributed by atoms with Crippen molar-refractivity contribution in [2.75, 3.05) is 0 Å². The van der Waals surface area contributed by atoms with Crippen LogP contribution in [0, 0.1) is 17.3 Å². The van der Waals surface area contributed by atoms with Gasteiger partial charge in [-0.15, -0.1) is 0 Å². The van der Waals surface area contributed by atoms with E-state index in [0.29, 0.717) is 5.41 Å². The summed E-state index contributed by atoms with van der Waals surface area (Å²) >= 11 is 0. The molecule has 0 saturated heterocycles. The van der Waals surface area contributed by atoms with E-state index in [-0.39, 0.29) is 0 Å². The Morgan fingerprint density at radius 2 is 2.13 bits per heavy atom. The number of allylic oxidation sites excluding steroid dienone is 3. The first kappa shape index (κ1) is 11.0. The molecule has 2 aliphatic carbocycles. The average Bonchev–Trinajstić information content (AvgIpc) is 2.18. The van der Waals surface area contributed by atoms with Crippen LogP contribution in [0.3, 0.4) is 0 Å². The van der Waals surface area contributed by atoms with Crippen LogP contribution in [-0.2, 0) is 0 Å². The highest BCUT2D eigenvalue weighted by molar-refractivity contribution is 5.33. The summed E-state index contributed by atoms with van der Waals surface area (Å²) in [7, 11) is 0. The number of hydrogen-bond acceptors (Lipinski definition) is 0. The molecule has 0 aromatic heterocycles. The molecule has 0 radical (unpaired) electrons. The lowest BCUT2D eigenvalue weighted by Crippen LogP contribution is -2.36. The third-order valence-electron chi connectivity index (χ3n) is 4.30. The molecule has 15 heavy (non-hydrogen) atoms. The van der Waals surface area contributed by atoms with Crippen molar-refractivity contribution in [2.45, 2.75) is 52.9 Å². The second-order valence-corrected chi connectivity index (χ2v) is 6.19. The van der Waals surface area contributed by atoms with Crippen molar-refractivity contribution in [3.05, 3.63) is 23.8 Å². The van der Waals surface area contributed by atoms with Crippen molar-refractivity contribution in [1.82, 2.24) is 0 Å². The van der Waals surface area contributed by atoms with Crippen LogP contribution in [0.2, 0.25) is 0 Å². The zero-order valence-electron chi connectivity index (χ0n) is 10.5. The molecular weight excluding hydrogens is 180 g/mol. The van der Waals surface area contributed by atoms with Crippen LogP contribution < -0.4 is 0 Å². The zero-order valence-corrected chi connectivity index (χ0v) is 10.5. The lowest BCUT2D eigenvalue weighted by Gasteiger charge is -2.47. The molecular formula is C15H24. The van der Waals surface area contributed by atoms with Gasteiger partial charge in [-0.05, 0) is 37.0 Å². The fourth-order valence-corrected chi connectivity index (χ4v) is 3.16. The summed E-state index contributed by atoms with van der Waals surface area (Å²) in [6.07, 6.45) is 9.10. The van der Waals surface area contributed by atoms with Gasteiger partial charge in [0.25, 0.3) is 0 Å². The largest absolute Gasteiger partial charge is 0.0993 e. The van der Waals surface area contributed by atoms with Crippen LogP contribution in [0.4, 0.5) is 0 Å². The summed E-state index contributed by atoms with van der Waals surface area (Å²) in [5, 5.41) is 0. The molecule has 1 fully saturated rings. The van der Waals surface area contributed by atoms with Crippen molar-refractivity contribution < 1.29 is 0 Å². The van der Waals surface area contributed by atoms with E-state index in [4.69, 9.17) is 0 Å². The molecule has 1 saturated carbocycles. The van der Waals surface area contributed by atoms with E-state index < -0.39 is 0 Å². The topological polar surface area (TPSA) is 0 Å². The molecule has 0 aliphatic heterocycles. The minimum absolute atomic E-state index is 0.456. The maximum Gasteiger partial charge on any atom is 0.00177 e. The zero-order chi connectivity index (χ0) is 11.1. The van der Waals surface area contributed by atoms with Gasteiger partial charge in [0.1, 0.15) is 0 Å². The molecule has 0 N–H and O–H groups in total. The highest BCUT2D eigenvalue weighted by atomic mass is 14.5. The quantitative estimate of drug-likeness (QED) is 0.501. The Morgan fingerprint density at radius 3 is 2.80 bits per heavy atom. The van der Waals surface area contributed by atoms with Crippen LogP contribution in [0.1, 0.15) is 52.9 Å². The molecule has 2 unspecified atom stereocenters. The van der Waals surface area contributed by atoms with Crippen LogP contribution in [-0.4, -0.2) is 0 Å². The summed E-state index contributed by atoms with van der Waals surface area (Å²) < 4.78 is 0. The van der Waals surface area contributed by atoms with Gasteiger partial charge in [0.05, 0.1) is 0 Å². The Bertz CT molecular complexity index is 293. The van der Waals surface area contributed by atoms with E-state index >= 15 is 0 Å². The Labute approximate surface area is 94.5 Å². The minimum Gasteiger partial charge on any atom is -0.0993 e. The van der Waals surface area contributed by atoms with E-state index in [1.807, 2.05) is 0 Å². The van der Waals surface area contributed by atoms with Crippen molar-refractivity contribution >= 4 is 0 Å². The maximum atomic E-state index is 4.29. The first-order chi connectivity index (χ1) is 7.00. The summed E-state index contributed by atoms with van der Waals surface area (Å²) in [6, 6.07) is 0. The summed E-state index contributed by atoms with van der Waals surface area (Å²) in [6.45, 7) is 11.4. The van der Waals surface area contributed by atoms with E-state index in [1.165, 1.54) is 37.7 Å². The van der Waals surface area contributed by atoms with E-state index in [0.717, 1.165) is 11.8 Å². The van der Waals surface area contributed by atoms with Crippen molar-refractivity contribution in [1.29, 1.82) is 0 Å². The Balaban J connectivity index is 2.19.